The number of carbonyl (C=O) groups is 1. The summed E-state index contributed by atoms with van der Waals surface area (Å²) in [5.74, 6) is 0.913. The van der Waals surface area contributed by atoms with E-state index in [2.05, 4.69) is 10.0 Å². The number of nitrogens with one attached hydrogen (secondary N) is 2. The molecule has 1 aliphatic carbocycles. The van der Waals surface area contributed by atoms with Crippen LogP contribution < -0.4 is 19.5 Å². The summed E-state index contributed by atoms with van der Waals surface area (Å²) in [5.41, 5.74) is 0.435. The summed E-state index contributed by atoms with van der Waals surface area (Å²) in [6.07, 6.45) is 4.32. The average molecular weight is 404 g/mol. The molecule has 0 bridgehead atoms. The van der Waals surface area contributed by atoms with Crippen LogP contribution in [0, 0.1) is 0 Å². The Morgan fingerprint density at radius 3 is 2.21 bits per heavy atom. The van der Waals surface area contributed by atoms with E-state index in [-0.39, 0.29) is 23.5 Å². The Kier molecular flexibility index (Phi) is 6.41. The van der Waals surface area contributed by atoms with Gasteiger partial charge >= 0.3 is 0 Å². The van der Waals surface area contributed by atoms with Gasteiger partial charge in [-0.05, 0) is 61.4 Å². The fraction of sp³-hybridized carbons (Fsp3) is 0.350. The van der Waals surface area contributed by atoms with Gasteiger partial charge in [0.15, 0.2) is 6.61 Å². The molecule has 0 saturated heterocycles. The largest absolute Gasteiger partial charge is 0.497 e. The molecule has 1 amide bonds. The van der Waals surface area contributed by atoms with Crippen molar-refractivity contribution in [3.8, 4) is 11.5 Å². The zero-order valence-corrected chi connectivity index (χ0v) is 16.5. The maximum Gasteiger partial charge on any atom is 0.261 e. The van der Waals surface area contributed by atoms with Gasteiger partial charge in [-0.2, -0.15) is 0 Å². The first-order chi connectivity index (χ1) is 13.5. The molecule has 7 nitrogen and oxygen atoms in total. The van der Waals surface area contributed by atoms with Crippen molar-refractivity contribution >= 4 is 21.6 Å². The second kappa shape index (κ2) is 8.97. The molecule has 1 saturated carbocycles. The standard InChI is InChI=1S/C20H24N2O5S/c1-26-17-8-6-16(7-9-17)22-28(24,25)19-12-10-18(11-13-19)27-14-20(23)21-15-4-2-3-5-15/h6-13,15,22H,2-5,14H2,1H3,(H,21,23). The van der Waals surface area contributed by atoms with Crippen LogP contribution in [0.1, 0.15) is 25.7 Å². The lowest BCUT2D eigenvalue weighted by Crippen LogP contribution is -2.36. The van der Waals surface area contributed by atoms with E-state index in [1.54, 1.807) is 31.4 Å². The predicted molar refractivity (Wildman–Crippen MR) is 106 cm³/mol. The van der Waals surface area contributed by atoms with E-state index in [1.807, 2.05) is 0 Å². The highest BCUT2D eigenvalue weighted by molar-refractivity contribution is 7.92. The number of benzene rings is 2. The number of carbonyl (C=O) groups excluding carboxylic acids is 1. The lowest BCUT2D eigenvalue weighted by molar-refractivity contribution is -0.123. The van der Waals surface area contributed by atoms with Gasteiger partial charge in [0.05, 0.1) is 12.0 Å². The van der Waals surface area contributed by atoms with Crippen LogP contribution in [0.25, 0.3) is 0 Å². The topological polar surface area (TPSA) is 93.7 Å². The molecule has 0 radical (unpaired) electrons. The normalized spacial score (nSPS) is 14.5. The molecule has 0 spiro atoms. The third-order valence-corrected chi connectivity index (χ3v) is 5.96. The van der Waals surface area contributed by atoms with Crippen LogP contribution >= 0.6 is 0 Å². The fourth-order valence-electron chi connectivity index (χ4n) is 3.08. The van der Waals surface area contributed by atoms with Crippen LogP contribution in [-0.4, -0.2) is 34.1 Å². The van der Waals surface area contributed by atoms with Gasteiger partial charge in [0.2, 0.25) is 0 Å². The smallest absolute Gasteiger partial charge is 0.261 e. The van der Waals surface area contributed by atoms with Gasteiger partial charge in [0, 0.05) is 11.7 Å². The van der Waals surface area contributed by atoms with Crippen LogP contribution in [-0.2, 0) is 14.8 Å². The van der Waals surface area contributed by atoms with Crippen molar-refractivity contribution in [3.63, 3.8) is 0 Å². The summed E-state index contributed by atoms with van der Waals surface area (Å²) in [5, 5.41) is 2.94. The molecule has 0 aliphatic heterocycles. The maximum atomic E-state index is 12.5. The molecule has 0 atom stereocenters. The minimum absolute atomic E-state index is 0.0906. The molecule has 0 heterocycles. The third-order valence-electron chi connectivity index (χ3n) is 4.57. The van der Waals surface area contributed by atoms with E-state index in [1.165, 1.54) is 24.3 Å². The van der Waals surface area contributed by atoms with Gasteiger partial charge in [-0.1, -0.05) is 12.8 Å². The highest BCUT2D eigenvalue weighted by Gasteiger charge is 2.18. The summed E-state index contributed by atoms with van der Waals surface area (Å²) < 4.78 is 38.0. The summed E-state index contributed by atoms with van der Waals surface area (Å²) in [6, 6.07) is 12.8. The number of methoxy groups -OCH3 is 1. The molecule has 1 fully saturated rings. The van der Waals surface area contributed by atoms with Gasteiger partial charge in [-0.25, -0.2) is 8.42 Å². The summed E-state index contributed by atoms with van der Waals surface area (Å²) in [6.45, 7) is -0.0906. The molecule has 0 unspecified atom stereocenters. The van der Waals surface area contributed by atoms with Gasteiger partial charge in [-0.15, -0.1) is 0 Å². The van der Waals surface area contributed by atoms with Crippen molar-refractivity contribution < 1.29 is 22.7 Å². The number of hydrogen-bond donors (Lipinski definition) is 2. The molecule has 1 aliphatic rings. The third kappa shape index (κ3) is 5.39. The molecule has 28 heavy (non-hydrogen) atoms. The van der Waals surface area contributed by atoms with Crippen molar-refractivity contribution in [1.29, 1.82) is 0 Å². The molecule has 3 rings (SSSR count). The molecular weight excluding hydrogens is 380 g/mol. The Balaban J connectivity index is 1.55. The fourth-order valence-corrected chi connectivity index (χ4v) is 4.14. The molecule has 2 N–H and O–H groups in total. The quantitative estimate of drug-likeness (QED) is 0.706. The van der Waals surface area contributed by atoms with Crippen LogP contribution in [0.3, 0.4) is 0 Å². The highest BCUT2D eigenvalue weighted by Crippen LogP contribution is 2.21. The maximum absolute atomic E-state index is 12.5. The van der Waals surface area contributed by atoms with Crippen molar-refractivity contribution in [1.82, 2.24) is 5.32 Å². The minimum Gasteiger partial charge on any atom is -0.497 e. The zero-order chi connectivity index (χ0) is 20.0. The van der Waals surface area contributed by atoms with E-state index >= 15 is 0 Å². The minimum atomic E-state index is -3.72. The first-order valence-electron chi connectivity index (χ1n) is 9.15. The van der Waals surface area contributed by atoms with Crippen molar-refractivity contribution in [2.45, 2.75) is 36.6 Å². The first kappa shape index (κ1) is 20.0. The molecule has 0 aromatic heterocycles. The first-order valence-corrected chi connectivity index (χ1v) is 10.6. The Morgan fingerprint density at radius 2 is 1.61 bits per heavy atom. The van der Waals surface area contributed by atoms with Gasteiger partial charge < -0.3 is 14.8 Å². The number of anilines is 1. The Morgan fingerprint density at radius 1 is 1.00 bits per heavy atom. The summed E-state index contributed by atoms with van der Waals surface area (Å²) >= 11 is 0. The van der Waals surface area contributed by atoms with Crippen LogP contribution in [0.5, 0.6) is 11.5 Å². The van der Waals surface area contributed by atoms with Gasteiger partial charge in [0.25, 0.3) is 15.9 Å². The Hall–Kier alpha value is -2.74. The van der Waals surface area contributed by atoms with Gasteiger partial charge in [-0.3, -0.25) is 9.52 Å². The monoisotopic (exact) mass is 404 g/mol. The molecule has 2 aromatic carbocycles. The summed E-state index contributed by atoms with van der Waals surface area (Å²) in [7, 11) is -2.18. The van der Waals surface area contributed by atoms with E-state index in [0.29, 0.717) is 17.2 Å². The molecule has 8 heteroatoms. The van der Waals surface area contributed by atoms with Crippen molar-refractivity contribution in [2.24, 2.45) is 0 Å². The van der Waals surface area contributed by atoms with Crippen LogP contribution in [0.15, 0.2) is 53.4 Å². The van der Waals surface area contributed by atoms with E-state index < -0.39 is 10.0 Å². The van der Waals surface area contributed by atoms with Crippen molar-refractivity contribution in [2.75, 3.05) is 18.4 Å². The number of ether oxygens (including phenoxy) is 2. The zero-order valence-electron chi connectivity index (χ0n) is 15.7. The van der Waals surface area contributed by atoms with Crippen LogP contribution in [0.2, 0.25) is 0 Å². The average Bonchev–Trinajstić information content (AvgIpc) is 3.20. The second-order valence-corrected chi connectivity index (χ2v) is 8.33. The van der Waals surface area contributed by atoms with Crippen LogP contribution in [0.4, 0.5) is 5.69 Å². The predicted octanol–water partition coefficient (Wildman–Crippen LogP) is 2.93. The van der Waals surface area contributed by atoms with E-state index in [4.69, 9.17) is 9.47 Å². The van der Waals surface area contributed by atoms with E-state index in [9.17, 15) is 13.2 Å². The number of sulfonamides is 1. The number of rotatable bonds is 8. The van der Waals surface area contributed by atoms with Crippen molar-refractivity contribution in [3.05, 3.63) is 48.5 Å². The summed E-state index contributed by atoms with van der Waals surface area (Å²) in [4.78, 5) is 12.0. The lowest BCUT2D eigenvalue weighted by Gasteiger charge is -2.13. The number of amides is 1. The van der Waals surface area contributed by atoms with E-state index in [0.717, 1.165) is 25.7 Å². The molecular formula is C20H24N2O5S. The molecule has 2 aromatic rings. The Bertz CT molecular complexity index is 889. The Labute approximate surface area is 165 Å². The SMILES string of the molecule is COc1ccc(NS(=O)(=O)c2ccc(OCC(=O)NC3CCCC3)cc2)cc1. The van der Waals surface area contributed by atoms with Gasteiger partial charge in [0.1, 0.15) is 11.5 Å². The second-order valence-electron chi connectivity index (χ2n) is 6.64. The molecule has 150 valence electrons. The highest BCUT2D eigenvalue weighted by atomic mass is 32.2. The lowest BCUT2D eigenvalue weighted by atomic mass is 10.2. The number of hydrogen-bond acceptors (Lipinski definition) is 5.